The molecule has 3 aromatic carbocycles. The third-order valence-electron chi connectivity index (χ3n) is 6.22. The SMILES string of the molecule is CCCn1c(C(CC)N(CCc2ccccc2)C(=O)Nc2cccc(Cl)c2)nc2ccccc2c1=O. The number of hydrogen-bond donors (Lipinski definition) is 1. The zero-order valence-electron chi connectivity index (χ0n) is 20.7. The number of aromatic nitrogens is 2. The van der Waals surface area contributed by atoms with Crippen molar-refractivity contribution in [3.05, 3.63) is 106 Å². The van der Waals surface area contributed by atoms with Gasteiger partial charge in [0, 0.05) is 23.8 Å². The number of anilines is 1. The van der Waals surface area contributed by atoms with Crippen LogP contribution >= 0.6 is 11.6 Å². The average Bonchev–Trinajstić information content (AvgIpc) is 2.89. The van der Waals surface area contributed by atoms with Crippen LogP contribution in [0.15, 0.2) is 83.7 Å². The van der Waals surface area contributed by atoms with Gasteiger partial charge in [0.05, 0.1) is 16.9 Å². The van der Waals surface area contributed by atoms with Crippen LogP contribution in [0.25, 0.3) is 10.9 Å². The Hall–Kier alpha value is -3.64. The van der Waals surface area contributed by atoms with E-state index in [1.165, 1.54) is 0 Å². The van der Waals surface area contributed by atoms with Gasteiger partial charge in [-0.25, -0.2) is 9.78 Å². The van der Waals surface area contributed by atoms with E-state index in [0.29, 0.717) is 53.4 Å². The Bertz CT molecular complexity index is 1390. The van der Waals surface area contributed by atoms with Crippen molar-refractivity contribution in [3.63, 3.8) is 0 Å². The molecular formula is C29H31ClN4O2. The molecule has 36 heavy (non-hydrogen) atoms. The molecule has 0 saturated carbocycles. The van der Waals surface area contributed by atoms with Gasteiger partial charge in [0.1, 0.15) is 5.82 Å². The van der Waals surface area contributed by atoms with Gasteiger partial charge in [0.25, 0.3) is 5.56 Å². The number of halogens is 1. The first-order valence-electron chi connectivity index (χ1n) is 12.4. The summed E-state index contributed by atoms with van der Waals surface area (Å²) >= 11 is 6.15. The summed E-state index contributed by atoms with van der Waals surface area (Å²) in [5.41, 5.74) is 2.31. The van der Waals surface area contributed by atoms with E-state index in [9.17, 15) is 9.59 Å². The monoisotopic (exact) mass is 502 g/mol. The first kappa shape index (κ1) is 25.5. The fourth-order valence-electron chi connectivity index (χ4n) is 4.48. The molecule has 0 spiro atoms. The molecule has 4 rings (SSSR count). The third-order valence-corrected chi connectivity index (χ3v) is 6.46. The first-order valence-corrected chi connectivity index (χ1v) is 12.8. The minimum absolute atomic E-state index is 0.0749. The van der Waals surface area contributed by atoms with Gasteiger partial charge in [-0.1, -0.05) is 74.0 Å². The topological polar surface area (TPSA) is 67.2 Å². The Morgan fingerprint density at radius 2 is 1.78 bits per heavy atom. The molecule has 1 N–H and O–H groups in total. The molecule has 7 heteroatoms. The lowest BCUT2D eigenvalue weighted by atomic mass is 10.1. The van der Waals surface area contributed by atoms with Gasteiger partial charge in [0.15, 0.2) is 0 Å². The van der Waals surface area contributed by atoms with Gasteiger partial charge in [-0.2, -0.15) is 0 Å². The number of rotatable bonds is 9. The molecule has 1 aromatic heterocycles. The average molecular weight is 503 g/mol. The van der Waals surface area contributed by atoms with Gasteiger partial charge in [0.2, 0.25) is 0 Å². The van der Waals surface area contributed by atoms with Crippen molar-refractivity contribution in [3.8, 4) is 0 Å². The van der Waals surface area contributed by atoms with Gasteiger partial charge in [-0.05, 0) is 55.2 Å². The second-order valence-electron chi connectivity index (χ2n) is 8.74. The van der Waals surface area contributed by atoms with Crippen molar-refractivity contribution >= 4 is 34.2 Å². The number of benzene rings is 3. The van der Waals surface area contributed by atoms with E-state index in [2.05, 4.69) is 17.4 Å². The Balaban J connectivity index is 1.76. The normalized spacial score (nSPS) is 11.9. The van der Waals surface area contributed by atoms with E-state index in [1.807, 2.05) is 50.2 Å². The largest absolute Gasteiger partial charge is 0.322 e. The molecule has 1 heterocycles. The lowest BCUT2D eigenvalue weighted by Crippen LogP contribution is -2.42. The van der Waals surface area contributed by atoms with Crippen LogP contribution in [0.5, 0.6) is 0 Å². The third kappa shape index (κ3) is 5.77. The Morgan fingerprint density at radius 3 is 2.50 bits per heavy atom. The molecule has 0 aliphatic heterocycles. The fourth-order valence-corrected chi connectivity index (χ4v) is 4.67. The van der Waals surface area contributed by atoms with E-state index < -0.39 is 6.04 Å². The van der Waals surface area contributed by atoms with Gasteiger partial charge in [-0.3, -0.25) is 9.36 Å². The summed E-state index contributed by atoms with van der Waals surface area (Å²) in [5, 5.41) is 4.13. The van der Waals surface area contributed by atoms with Crippen LogP contribution in [0.2, 0.25) is 5.02 Å². The van der Waals surface area contributed by atoms with Crippen molar-refractivity contribution < 1.29 is 4.79 Å². The van der Waals surface area contributed by atoms with Crippen molar-refractivity contribution in [1.82, 2.24) is 14.5 Å². The number of carbonyl (C=O) groups is 1. The summed E-state index contributed by atoms with van der Waals surface area (Å²) in [6.07, 6.45) is 2.06. The standard InChI is InChI=1S/C29H31ClN4O2/c1-3-18-34-27(32-25-16-9-8-15-24(25)28(34)35)26(4-2)33(19-17-21-11-6-5-7-12-21)29(36)31-23-14-10-13-22(30)20-23/h5-16,20,26H,3-4,17-19H2,1-2H3,(H,31,36). The maximum atomic E-state index is 13.7. The number of nitrogens with one attached hydrogen (secondary N) is 1. The number of nitrogens with zero attached hydrogens (tertiary/aromatic N) is 3. The van der Waals surface area contributed by atoms with Crippen LogP contribution in [0.1, 0.15) is 44.1 Å². The molecule has 6 nitrogen and oxygen atoms in total. The molecule has 0 aliphatic rings. The van der Waals surface area contributed by atoms with Crippen LogP contribution < -0.4 is 10.9 Å². The summed E-state index contributed by atoms with van der Waals surface area (Å²) < 4.78 is 1.73. The lowest BCUT2D eigenvalue weighted by Gasteiger charge is -2.32. The minimum Gasteiger partial charge on any atom is -0.314 e. The van der Waals surface area contributed by atoms with E-state index in [4.69, 9.17) is 16.6 Å². The molecule has 4 aromatic rings. The van der Waals surface area contributed by atoms with Crippen LogP contribution in [-0.2, 0) is 13.0 Å². The molecule has 0 aliphatic carbocycles. The summed E-state index contributed by atoms with van der Waals surface area (Å²) in [5.74, 6) is 0.609. The smallest absolute Gasteiger partial charge is 0.314 e. The molecule has 2 amide bonds. The van der Waals surface area contributed by atoms with Crippen molar-refractivity contribution in [2.24, 2.45) is 0 Å². The molecule has 0 radical (unpaired) electrons. The quantitative estimate of drug-likeness (QED) is 0.277. The van der Waals surface area contributed by atoms with E-state index in [1.54, 1.807) is 39.8 Å². The van der Waals surface area contributed by atoms with E-state index >= 15 is 0 Å². The van der Waals surface area contributed by atoms with Gasteiger partial charge < -0.3 is 10.2 Å². The second kappa shape index (κ2) is 11.9. The first-order chi connectivity index (χ1) is 17.5. The van der Waals surface area contributed by atoms with Crippen LogP contribution in [0.4, 0.5) is 10.5 Å². The van der Waals surface area contributed by atoms with Gasteiger partial charge >= 0.3 is 6.03 Å². The maximum absolute atomic E-state index is 13.7. The van der Waals surface area contributed by atoms with E-state index in [0.717, 1.165) is 12.0 Å². The highest BCUT2D eigenvalue weighted by molar-refractivity contribution is 6.30. The highest BCUT2D eigenvalue weighted by Gasteiger charge is 2.28. The van der Waals surface area contributed by atoms with Crippen LogP contribution in [0.3, 0.4) is 0 Å². The van der Waals surface area contributed by atoms with Gasteiger partial charge in [-0.15, -0.1) is 0 Å². The summed E-state index contributed by atoms with van der Waals surface area (Å²) in [4.78, 5) is 33.9. The molecule has 0 fully saturated rings. The number of urea groups is 1. The number of amides is 2. The highest BCUT2D eigenvalue weighted by Crippen LogP contribution is 2.26. The highest BCUT2D eigenvalue weighted by atomic mass is 35.5. The van der Waals surface area contributed by atoms with E-state index in [-0.39, 0.29) is 11.6 Å². The number of hydrogen-bond acceptors (Lipinski definition) is 3. The summed E-state index contributed by atoms with van der Waals surface area (Å²) in [7, 11) is 0. The molecule has 1 atom stereocenters. The van der Waals surface area contributed by atoms with Crippen molar-refractivity contribution in [1.29, 1.82) is 0 Å². The summed E-state index contributed by atoms with van der Waals surface area (Å²) in [6.45, 7) is 5.05. The number of carbonyl (C=O) groups excluding carboxylic acids is 1. The second-order valence-corrected chi connectivity index (χ2v) is 9.17. The van der Waals surface area contributed by atoms with Crippen LogP contribution in [0, 0.1) is 0 Å². The van der Waals surface area contributed by atoms with Crippen molar-refractivity contribution in [2.75, 3.05) is 11.9 Å². The Kier molecular flexibility index (Phi) is 8.39. The zero-order chi connectivity index (χ0) is 25.5. The predicted molar refractivity (Wildman–Crippen MR) is 147 cm³/mol. The van der Waals surface area contributed by atoms with Crippen LogP contribution in [-0.4, -0.2) is 27.0 Å². The maximum Gasteiger partial charge on any atom is 0.322 e. The van der Waals surface area contributed by atoms with Crippen molar-refractivity contribution in [2.45, 2.75) is 45.7 Å². The fraction of sp³-hybridized carbons (Fsp3) is 0.276. The predicted octanol–water partition coefficient (Wildman–Crippen LogP) is 6.69. The lowest BCUT2D eigenvalue weighted by molar-refractivity contribution is 0.180. The Labute approximate surface area is 216 Å². The molecule has 1 unspecified atom stereocenters. The molecule has 0 bridgehead atoms. The minimum atomic E-state index is -0.392. The number of para-hydroxylation sites is 1. The summed E-state index contributed by atoms with van der Waals surface area (Å²) in [6, 6.07) is 23.9. The number of fused-ring (bicyclic) bond motifs is 1. The molecular weight excluding hydrogens is 472 g/mol. The zero-order valence-corrected chi connectivity index (χ0v) is 21.4. The molecule has 0 saturated heterocycles. The Morgan fingerprint density at radius 1 is 1.03 bits per heavy atom. The molecule has 186 valence electrons.